The molecule has 0 aliphatic heterocycles. The summed E-state index contributed by atoms with van der Waals surface area (Å²) in [6.07, 6.45) is -3.48. The Hall–Kier alpha value is -3.05. The highest BCUT2D eigenvalue weighted by atomic mass is 32.2. The first-order valence-electron chi connectivity index (χ1n) is 9.20. The van der Waals surface area contributed by atoms with E-state index in [4.69, 9.17) is 5.26 Å². The quantitative estimate of drug-likeness (QED) is 0.521. The Morgan fingerprint density at radius 3 is 2.44 bits per heavy atom. The summed E-state index contributed by atoms with van der Waals surface area (Å²) in [7, 11) is -4.19. The number of hydrogen-bond acceptors (Lipinski definition) is 8. The Morgan fingerprint density at radius 2 is 1.94 bits per heavy atom. The number of nitriles is 1. The summed E-state index contributed by atoms with van der Waals surface area (Å²) >= 11 is 0. The molecule has 1 aliphatic rings. The second-order valence-electron chi connectivity index (χ2n) is 7.33. The zero-order valence-electron chi connectivity index (χ0n) is 16.3. The molecule has 0 spiro atoms. The number of rotatable bonds is 9. The van der Waals surface area contributed by atoms with Crippen LogP contribution in [0.2, 0.25) is 0 Å². The summed E-state index contributed by atoms with van der Waals surface area (Å²) in [5, 5.41) is 16.8. The molecule has 1 amide bonds. The SMILES string of the molecule is N#CC1(NC(=O)C(CS(=O)(=O)Cc2ncon2)N[C@H](c2ccc(F)cc2)C(F)(F)F)CC1. The summed E-state index contributed by atoms with van der Waals surface area (Å²) in [6.45, 7) is 0. The molecular formula is C18H17F4N5O4S. The average Bonchev–Trinajstić information content (AvgIpc) is 3.29. The van der Waals surface area contributed by atoms with E-state index < -0.39 is 62.4 Å². The lowest BCUT2D eigenvalue weighted by atomic mass is 10.0. The van der Waals surface area contributed by atoms with E-state index in [0.717, 1.165) is 30.7 Å². The highest BCUT2D eigenvalue weighted by Gasteiger charge is 2.48. The van der Waals surface area contributed by atoms with Crippen LogP contribution in [0.15, 0.2) is 35.2 Å². The lowest BCUT2D eigenvalue weighted by Gasteiger charge is -2.28. The number of nitrogens with one attached hydrogen (secondary N) is 2. The Kier molecular flexibility index (Phi) is 6.51. The zero-order valence-corrected chi connectivity index (χ0v) is 17.1. The van der Waals surface area contributed by atoms with Crippen LogP contribution in [0.25, 0.3) is 0 Å². The van der Waals surface area contributed by atoms with Gasteiger partial charge in [0, 0.05) is 0 Å². The molecule has 1 fully saturated rings. The molecule has 9 nitrogen and oxygen atoms in total. The minimum absolute atomic E-state index is 0.231. The summed E-state index contributed by atoms with van der Waals surface area (Å²) in [5.41, 5.74) is -1.66. The fourth-order valence-corrected chi connectivity index (χ4v) is 4.31. The minimum Gasteiger partial charge on any atom is -0.343 e. The molecule has 1 heterocycles. The van der Waals surface area contributed by atoms with Crippen molar-refractivity contribution in [3.05, 3.63) is 47.9 Å². The van der Waals surface area contributed by atoms with Gasteiger partial charge < -0.3 is 9.84 Å². The fraction of sp³-hybridized carbons (Fsp3) is 0.444. The number of alkyl halides is 3. The maximum atomic E-state index is 13.8. The molecule has 3 rings (SSSR count). The lowest BCUT2D eigenvalue weighted by Crippen LogP contribution is -2.54. The number of benzene rings is 1. The minimum atomic E-state index is -4.94. The van der Waals surface area contributed by atoms with Crippen LogP contribution < -0.4 is 10.6 Å². The summed E-state index contributed by atoms with van der Waals surface area (Å²) in [5.74, 6) is -3.90. The third kappa shape index (κ3) is 6.01. The number of halogens is 4. The van der Waals surface area contributed by atoms with Crippen molar-refractivity contribution < 1.29 is 35.3 Å². The van der Waals surface area contributed by atoms with Gasteiger partial charge >= 0.3 is 6.18 Å². The first-order chi connectivity index (χ1) is 14.9. The molecule has 14 heteroatoms. The number of hydrogen-bond donors (Lipinski definition) is 2. The number of carbonyl (C=O) groups is 1. The Balaban J connectivity index is 1.88. The molecule has 0 bridgehead atoms. The van der Waals surface area contributed by atoms with Gasteiger partial charge in [-0.15, -0.1) is 0 Å². The first-order valence-corrected chi connectivity index (χ1v) is 11.0. The zero-order chi connectivity index (χ0) is 23.6. The Labute approximate surface area is 179 Å². The molecule has 1 saturated carbocycles. The van der Waals surface area contributed by atoms with Gasteiger partial charge in [0.05, 0.1) is 11.8 Å². The molecule has 1 aliphatic carbocycles. The fourth-order valence-electron chi connectivity index (χ4n) is 2.91. The summed E-state index contributed by atoms with van der Waals surface area (Å²) in [4.78, 5) is 16.3. The predicted octanol–water partition coefficient (Wildman–Crippen LogP) is 1.56. The lowest BCUT2D eigenvalue weighted by molar-refractivity contribution is -0.160. The maximum absolute atomic E-state index is 13.8. The van der Waals surface area contributed by atoms with E-state index in [1.54, 1.807) is 0 Å². The number of nitrogens with zero attached hydrogens (tertiary/aromatic N) is 3. The van der Waals surface area contributed by atoms with Crippen molar-refractivity contribution in [1.29, 1.82) is 5.26 Å². The normalized spacial score (nSPS) is 17.2. The molecule has 172 valence electrons. The molecule has 0 saturated heterocycles. The Morgan fingerprint density at radius 1 is 1.28 bits per heavy atom. The molecule has 1 aromatic heterocycles. The summed E-state index contributed by atoms with van der Waals surface area (Å²) in [6, 6.07) is 0.874. The van der Waals surface area contributed by atoms with Crippen LogP contribution in [0.4, 0.5) is 17.6 Å². The topological polar surface area (TPSA) is 138 Å². The van der Waals surface area contributed by atoms with Gasteiger partial charge in [-0.25, -0.2) is 12.8 Å². The smallest absolute Gasteiger partial charge is 0.343 e. The van der Waals surface area contributed by atoms with Crippen molar-refractivity contribution in [2.24, 2.45) is 0 Å². The van der Waals surface area contributed by atoms with Gasteiger partial charge in [0.25, 0.3) is 0 Å². The van der Waals surface area contributed by atoms with Crippen LogP contribution in [0.3, 0.4) is 0 Å². The van der Waals surface area contributed by atoms with Crippen LogP contribution in [-0.4, -0.2) is 48.0 Å². The van der Waals surface area contributed by atoms with Crippen LogP contribution in [-0.2, 0) is 20.4 Å². The second-order valence-corrected chi connectivity index (χ2v) is 9.44. The third-order valence-corrected chi connectivity index (χ3v) is 6.26. The van der Waals surface area contributed by atoms with Crippen LogP contribution >= 0.6 is 0 Å². The highest BCUT2D eigenvalue weighted by Crippen LogP contribution is 2.35. The Bertz CT molecular complexity index is 1090. The van der Waals surface area contributed by atoms with Gasteiger partial charge in [0.2, 0.25) is 12.3 Å². The molecule has 2 aromatic rings. The van der Waals surface area contributed by atoms with Crippen molar-refractivity contribution >= 4 is 15.7 Å². The van der Waals surface area contributed by atoms with Crippen LogP contribution in [0.1, 0.15) is 30.3 Å². The highest BCUT2D eigenvalue weighted by molar-refractivity contribution is 7.90. The van der Waals surface area contributed by atoms with Crippen molar-refractivity contribution in [2.45, 2.75) is 42.4 Å². The van der Waals surface area contributed by atoms with E-state index in [2.05, 4.69) is 20.0 Å². The van der Waals surface area contributed by atoms with Gasteiger partial charge in [0.1, 0.15) is 29.2 Å². The van der Waals surface area contributed by atoms with E-state index >= 15 is 0 Å². The molecule has 2 N–H and O–H groups in total. The molecule has 1 aromatic carbocycles. The average molecular weight is 475 g/mol. The van der Waals surface area contributed by atoms with E-state index in [1.807, 2.05) is 11.4 Å². The van der Waals surface area contributed by atoms with E-state index in [-0.39, 0.29) is 18.7 Å². The van der Waals surface area contributed by atoms with Crippen molar-refractivity contribution in [1.82, 2.24) is 20.8 Å². The van der Waals surface area contributed by atoms with Gasteiger partial charge in [-0.1, -0.05) is 17.3 Å². The summed E-state index contributed by atoms with van der Waals surface area (Å²) < 4.78 is 84.0. The number of sulfone groups is 1. The largest absolute Gasteiger partial charge is 0.407 e. The number of aromatic nitrogens is 2. The van der Waals surface area contributed by atoms with Gasteiger partial charge in [-0.2, -0.15) is 23.4 Å². The van der Waals surface area contributed by atoms with Crippen molar-refractivity contribution in [3.8, 4) is 6.07 Å². The van der Waals surface area contributed by atoms with Gasteiger partial charge in [0.15, 0.2) is 15.7 Å². The molecular weight excluding hydrogens is 458 g/mol. The van der Waals surface area contributed by atoms with E-state index in [1.165, 1.54) is 0 Å². The standard InChI is InChI=1S/C18H17F4N5O4S/c19-12-3-1-11(2-4-12)15(18(20,21)22)25-13(16(28)26-17(9-23)5-6-17)7-32(29,30)8-14-24-10-31-27-14/h1-4,10,13,15,25H,5-8H2,(H,26,28)/t13?,15-/m1/s1. The number of amides is 1. The second kappa shape index (κ2) is 8.83. The monoisotopic (exact) mass is 475 g/mol. The van der Waals surface area contributed by atoms with Gasteiger partial charge in [-0.3, -0.25) is 10.1 Å². The molecule has 32 heavy (non-hydrogen) atoms. The first kappa shape index (κ1) is 23.6. The molecule has 2 atom stereocenters. The van der Waals surface area contributed by atoms with E-state index in [9.17, 15) is 30.8 Å². The predicted molar refractivity (Wildman–Crippen MR) is 99.6 cm³/mol. The maximum Gasteiger partial charge on any atom is 0.407 e. The van der Waals surface area contributed by atoms with Crippen LogP contribution in [0.5, 0.6) is 0 Å². The molecule has 1 unspecified atom stereocenters. The molecule has 0 radical (unpaired) electrons. The van der Waals surface area contributed by atoms with E-state index in [0.29, 0.717) is 0 Å². The third-order valence-electron chi connectivity index (χ3n) is 4.72. The van der Waals surface area contributed by atoms with Crippen molar-refractivity contribution in [3.63, 3.8) is 0 Å². The number of carbonyl (C=O) groups excluding carboxylic acids is 1. The van der Waals surface area contributed by atoms with Crippen LogP contribution in [0, 0.1) is 17.1 Å². The van der Waals surface area contributed by atoms with Crippen molar-refractivity contribution in [2.75, 3.05) is 5.75 Å². The van der Waals surface area contributed by atoms with Gasteiger partial charge in [-0.05, 0) is 30.5 Å².